The second kappa shape index (κ2) is 2.87. The van der Waals surface area contributed by atoms with Gasteiger partial charge in [0.1, 0.15) is 5.75 Å². The van der Waals surface area contributed by atoms with Gasteiger partial charge in [0.05, 0.1) is 5.56 Å². The van der Waals surface area contributed by atoms with E-state index < -0.39 is 0 Å². The quantitative estimate of drug-likeness (QED) is 0.703. The Morgan fingerprint density at radius 2 is 2.15 bits per heavy atom. The molecule has 0 unspecified atom stereocenters. The van der Waals surface area contributed by atoms with Crippen LogP contribution in [0.3, 0.4) is 0 Å². The van der Waals surface area contributed by atoms with Crippen molar-refractivity contribution in [1.29, 1.82) is 0 Å². The third-order valence-corrected chi connectivity index (χ3v) is 2.45. The van der Waals surface area contributed by atoms with E-state index in [9.17, 15) is 9.90 Å². The number of hydrogen-bond acceptors (Lipinski definition) is 2. The van der Waals surface area contributed by atoms with Crippen LogP contribution in [0.1, 0.15) is 41.6 Å². The van der Waals surface area contributed by atoms with Crippen LogP contribution >= 0.6 is 0 Å². The minimum absolute atomic E-state index is 0.0835. The van der Waals surface area contributed by atoms with Gasteiger partial charge in [0, 0.05) is 0 Å². The first kappa shape index (κ1) is 8.30. The van der Waals surface area contributed by atoms with Crippen molar-refractivity contribution in [3.63, 3.8) is 0 Å². The van der Waals surface area contributed by atoms with Gasteiger partial charge in [0.15, 0.2) is 5.78 Å². The Kier molecular flexibility index (Phi) is 1.83. The highest BCUT2D eigenvalue weighted by Crippen LogP contribution is 2.41. The largest absolute Gasteiger partial charge is 0.507 e. The molecule has 1 aromatic carbocycles. The molecule has 1 aliphatic carbocycles. The molecule has 2 nitrogen and oxygen atoms in total. The predicted octanol–water partition coefficient (Wildman–Crippen LogP) is 2.47. The van der Waals surface area contributed by atoms with E-state index in [1.54, 1.807) is 12.1 Å². The first-order chi connectivity index (χ1) is 6.18. The number of aromatic hydroxyl groups is 1. The van der Waals surface area contributed by atoms with Crippen LogP contribution < -0.4 is 0 Å². The molecule has 1 N–H and O–H groups in total. The number of ketones is 1. The van der Waals surface area contributed by atoms with Crippen LogP contribution in [0.4, 0.5) is 0 Å². The van der Waals surface area contributed by atoms with Gasteiger partial charge in [-0.2, -0.15) is 0 Å². The van der Waals surface area contributed by atoms with E-state index in [0.29, 0.717) is 11.5 Å². The fourth-order valence-electron chi connectivity index (χ4n) is 1.52. The minimum atomic E-state index is -0.0835. The Bertz CT molecular complexity index is 351. The van der Waals surface area contributed by atoms with Crippen LogP contribution in [0.5, 0.6) is 5.75 Å². The molecule has 0 atom stereocenters. The minimum Gasteiger partial charge on any atom is -0.507 e. The van der Waals surface area contributed by atoms with E-state index >= 15 is 0 Å². The lowest BCUT2D eigenvalue weighted by atomic mass is 10.0. The van der Waals surface area contributed by atoms with Gasteiger partial charge in [-0.3, -0.25) is 4.79 Å². The number of carbonyl (C=O) groups is 1. The monoisotopic (exact) mass is 176 g/mol. The van der Waals surface area contributed by atoms with Crippen molar-refractivity contribution in [3.8, 4) is 5.75 Å². The number of benzene rings is 1. The third-order valence-electron chi connectivity index (χ3n) is 2.45. The van der Waals surface area contributed by atoms with E-state index in [0.717, 1.165) is 5.56 Å². The lowest BCUT2D eigenvalue weighted by Crippen LogP contribution is -1.93. The number of rotatable bonds is 2. The van der Waals surface area contributed by atoms with Crippen molar-refractivity contribution >= 4 is 5.78 Å². The molecule has 0 bridgehead atoms. The number of Topliss-reactive ketones (excluding diaryl/α,β-unsaturated/α-hetero) is 1. The molecule has 13 heavy (non-hydrogen) atoms. The van der Waals surface area contributed by atoms with Crippen LogP contribution in [0.25, 0.3) is 0 Å². The van der Waals surface area contributed by atoms with Gasteiger partial charge in [-0.25, -0.2) is 0 Å². The molecule has 0 amide bonds. The molecule has 0 aromatic heterocycles. The van der Waals surface area contributed by atoms with Crippen LogP contribution in [-0.4, -0.2) is 10.9 Å². The molecule has 0 aliphatic heterocycles. The van der Waals surface area contributed by atoms with Gasteiger partial charge in [0.25, 0.3) is 0 Å². The second-order valence-corrected chi connectivity index (χ2v) is 3.61. The number of phenols is 1. The number of phenolic OH excluding ortho intramolecular Hbond substituents is 1. The SMILES string of the molecule is CC(=O)c1ccc(C2CC2)cc1O. The molecule has 1 saturated carbocycles. The summed E-state index contributed by atoms with van der Waals surface area (Å²) in [6.07, 6.45) is 2.41. The first-order valence-corrected chi connectivity index (χ1v) is 4.52. The summed E-state index contributed by atoms with van der Waals surface area (Å²) < 4.78 is 0. The third kappa shape index (κ3) is 1.57. The van der Waals surface area contributed by atoms with Crippen molar-refractivity contribution in [1.82, 2.24) is 0 Å². The average Bonchev–Trinajstić information content (AvgIpc) is 2.85. The number of hydrogen-bond donors (Lipinski definition) is 1. The maximum Gasteiger partial charge on any atom is 0.163 e. The second-order valence-electron chi connectivity index (χ2n) is 3.61. The average molecular weight is 176 g/mol. The van der Waals surface area contributed by atoms with E-state index in [2.05, 4.69) is 0 Å². The summed E-state index contributed by atoms with van der Waals surface area (Å²) in [6, 6.07) is 5.37. The number of carbonyl (C=O) groups excluding carboxylic acids is 1. The van der Waals surface area contributed by atoms with E-state index in [1.807, 2.05) is 6.07 Å². The van der Waals surface area contributed by atoms with Gasteiger partial charge in [0.2, 0.25) is 0 Å². The summed E-state index contributed by atoms with van der Waals surface area (Å²) in [5.74, 6) is 0.656. The Morgan fingerprint density at radius 1 is 1.46 bits per heavy atom. The summed E-state index contributed by atoms with van der Waals surface area (Å²) in [5, 5.41) is 9.52. The molecular formula is C11H12O2. The Balaban J connectivity index is 2.36. The molecular weight excluding hydrogens is 164 g/mol. The molecule has 1 fully saturated rings. The summed E-state index contributed by atoms with van der Waals surface area (Å²) >= 11 is 0. The fraction of sp³-hybridized carbons (Fsp3) is 0.364. The van der Waals surface area contributed by atoms with Crippen molar-refractivity contribution in [2.75, 3.05) is 0 Å². The van der Waals surface area contributed by atoms with Crippen molar-refractivity contribution < 1.29 is 9.90 Å². The zero-order chi connectivity index (χ0) is 9.42. The zero-order valence-electron chi connectivity index (χ0n) is 7.58. The predicted molar refractivity (Wildman–Crippen MR) is 50.1 cm³/mol. The summed E-state index contributed by atoms with van der Waals surface area (Å²) in [7, 11) is 0. The maximum absolute atomic E-state index is 11.0. The van der Waals surface area contributed by atoms with E-state index in [4.69, 9.17) is 0 Å². The van der Waals surface area contributed by atoms with E-state index in [1.165, 1.54) is 19.8 Å². The van der Waals surface area contributed by atoms with Crippen LogP contribution in [0.2, 0.25) is 0 Å². The summed E-state index contributed by atoms with van der Waals surface area (Å²) in [4.78, 5) is 11.0. The van der Waals surface area contributed by atoms with Crippen molar-refractivity contribution in [2.24, 2.45) is 0 Å². The Morgan fingerprint density at radius 3 is 2.62 bits per heavy atom. The molecule has 2 rings (SSSR count). The van der Waals surface area contributed by atoms with Crippen LogP contribution in [0, 0.1) is 0 Å². The molecule has 68 valence electrons. The molecule has 2 heteroatoms. The molecule has 0 radical (unpaired) electrons. The first-order valence-electron chi connectivity index (χ1n) is 4.52. The topological polar surface area (TPSA) is 37.3 Å². The molecule has 1 aromatic rings. The maximum atomic E-state index is 11.0. The van der Waals surface area contributed by atoms with Gasteiger partial charge < -0.3 is 5.11 Å². The lowest BCUT2D eigenvalue weighted by Gasteiger charge is -2.03. The smallest absolute Gasteiger partial charge is 0.163 e. The molecule has 0 heterocycles. The lowest BCUT2D eigenvalue weighted by molar-refractivity contribution is 0.101. The van der Waals surface area contributed by atoms with Gasteiger partial charge >= 0.3 is 0 Å². The highest BCUT2D eigenvalue weighted by molar-refractivity contribution is 5.96. The van der Waals surface area contributed by atoms with Gasteiger partial charge in [-0.1, -0.05) is 6.07 Å². The Hall–Kier alpha value is -1.31. The molecule has 1 aliphatic rings. The summed E-state index contributed by atoms with van der Waals surface area (Å²) in [5.41, 5.74) is 1.58. The zero-order valence-corrected chi connectivity index (χ0v) is 7.58. The molecule has 0 spiro atoms. The normalized spacial score (nSPS) is 15.8. The van der Waals surface area contributed by atoms with Crippen LogP contribution in [0.15, 0.2) is 18.2 Å². The van der Waals surface area contributed by atoms with Crippen molar-refractivity contribution in [2.45, 2.75) is 25.7 Å². The standard InChI is InChI=1S/C11H12O2/c1-7(12)10-5-4-9(6-11(10)13)8-2-3-8/h4-6,8,13H,2-3H2,1H3. The van der Waals surface area contributed by atoms with Crippen molar-refractivity contribution in [3.05, 3.63) is 29.3 Å². The molecule has 0 saturated heterocycles. The highest BCUT2D eigenvalue weighted by atomic mass is 16.3. The Labute approximate surface area is 77.2 Å². The van der Waals surface area contributed by atoms with E-state index in [-0.39, 0.29) is 11.5 Å². The van der Waals surface area contributed by atoms with Gasteiger partial charge in [-0.15, -0.1) is 0 Å². The van der Waals surface area contributed by atoms with Crippen LogP contribution in [-0.2, 0) is 0 Å². The van der Waals surface area contributed by atoms with Gasteiger partial charge in [-0.05, 0) is 43.4 Å². The highest BCUT2D eigenvalue weighted by Gasteiger charge is 2.24. The fourth-order valence-corrected chi connectivity index (χ4v) is 1.52. The summed E-state index contributed by atoms with van der Waals surface area (Å²) in [6.45, 7) is 1.46.